The highest BCUT2D eigenvalue weighted by atomic mass is 79.9. The van der Waals surface area contributed by atoms with Crippen LogP contribution in [-0.4, -0.2) is 39.0 Å². The first-order valence-corrected chi connectivity index (χ1v) is 10.2. The van der Waals surface area contributed by atoms with E-state index in [1.807, 2.05) is 12.1 Å². The summed E-state index contributed by atoms with van der Waals surface area (Å²) in [6.07, 6.45) is 5.08. The summed E-state index contributed by atoms with van der Waals surface area (Å²) in [7, 11) is 0. The van der Waals surface area contributed by atoms with Gasteiger partial charge in [0.1, 0.15) is 11.6 Å². The zero-order chi connectivity index (χ0) is 19.7. The molecule has 0 amide bonds. The van der Waals surface area contributed by atoms with Crippen molar-refractivity contribution in [3.63, 3.8) is 0 Å². The van der Waals surface area contributed by atoms with Crippen molar-refractivity contribution >= 4 is 38.9 Å². The second-order valence-electron chi connectivity index (χ2n) is 7.27. The van der Waals surface area contributed by atoms with Crippen molar-refractivity contribution in [1.82, 2.24) is 19.9 Å². The molecular weight excluding hydrogens is 422 g/mol. The van der Waals surface area contributed by atoms with Gasteiger partial charge in [-0.25, -0.2) is 19.7 Å². The summed E-state index contributed by atoms with van der Waals surface area (Å²) in [6.45, 7) is 6.07. The molecule has 4 rings (SSSR count). The normalized spacial score (nSPS) is 16.3. The number of esters is 1. The highest BCUT2D eigenvalue weighted by molar-refractivity contribution is 9.10. The lowest BCUT2D eigenvalue weighted by atomic mass is 9.99. The minimum Gasteiger partial charge on any atom is -0.451 e. The molecule has 0 aromatic carbocycles. The van der Waals surface area contributed by atoms with E-state index in [-0.39, 0.29) is 0 Å². The quantitative estimate of drug-likeness (QED) is 0.606. The van der Waals surface area contributed by atoms with Crippen LogP contribution in [0.3, 0.4) is 0 Å². The molecule has 28 heavy (non-hydrogen) atoms. The number of anilines is 1. The maximum Gasteiger partial charge on any atom is 0.340 e. The molecule has 7 nitrogen and oxygen atoms in total. The molecule has 0 aliphatic carbocycles. The minimum atomic E-state index is -0.524. The van der Waals surface area contributed by atoms with E-state index in [1.165, 1.54) is 12.8 Å². The van der Waals surface area contributed by atoms with Crippen molar-refractivity contribution in [2.24, 2.45) is 5.92 Å². The molecule has 0 radical (unpaired) electrons. The van der Waals surface area contributed by atoms with Gasteiger partial charge < -0.3 is 14.6 Å². The smallest absolute Gasteiger partial charge is 0.340 e. The number of nitrogens with zero attached hydrogens (tertiary/aromatic N) is 4. The summed E-state index contributed by atoms with van der Waals surface area (Å²) in [4.78, 5) is 31.0. The van der Waals surface area contributed by atoms with Crippen molar-refractivity contribution in [3.05, 3.63) is 46.5 Å². The number of H-pyrrole nitrogens is 1. The Kier molecular flexibility index (Phi) is 5.30. The van der Waals surface area contributed by atoms with Gasteiger partial charge in [0, 0.05) is 30.0 Å². The number of piperidine rings is 1. The van der Waals surface area contributed by atoms with Crippen LogP contribution in [0.5, 0.6) is 0 Å². The number of imidazole rings is 1. The molecule has 1 fully saturated rings. The highest BCUT2D eigenvalue weighted by Gasteiger charge is 2.20. The van der Waals surface area contributed by atoms with Gasteiger partial charge in [0.05, 0.1) is 11.1 Å². The fourth-order valence-electron chi connectivity index (χ4n) is 3.30. The number of halogens is 1. The van der Waals surface area contributed by atoms with Crippen molar-refractivity contribution in [2.75, 3.05) is 18.0 Å². The summed E-state index contributed by atoms with van der Waals surface area (Å²) in [5.74, 6) is 1.81. The van der Waals surface area contributed by atoms with E-state index in [1.54, 1.807) is 25.4 Å². The van der Waals surface area contributed by atoms with Crippen LogP contribution in [0, 0.1) is 5.92 Å². The second kappa shape index (κ2) is 7.87. The third-order valence-electron chi connectivity index (χ3n) is 5.08. The first-order valence-electron chi connectivity index (χ1n) is 9.43. The van der Waals surface area contributed by atoms with E-state index in [2.05, 4.69) is 47.7 Å². The van der Waals surface area contributed by atoms with Crippen LogP contribution in [0.4, 0.5) is 5.82 Å². The van der Waals surface area contributed by atoms with E-state index in [9.17, 15) is 4.79 Å². The lowest BCUT2D eigenvalue weighted by molar-refractivity contribution is 0.0321. The Hall–Kier alpha value is -2.48. The number of hydrogen-bond donors (Lipinski definition) is 1. The Morgan fingerprint density at radius 1 is 1.29 bits per heavy atom. The molecule has 1 saturated heterocycles. The number of aromatic amines is 1. The first-order chi connectivity index (χ1) is 13.5. The first kappa shape index (κ1) is 18.9. The van der Waals surface area contributed by atoms with Gasteiger partial charge in [-0.05, 0) is 59.8 Å². The lowest BCUT2D eigenvalue weighted by Crippen LogP contribution is -2.33. The van der Waals surface area contributed by atoms with Crippen LogP contribution < -0.4 is 4.90 Å². The number of pyridine rings is 2. The fourth-order valence-corrected chi connectivity index (χ4v) is 3.63. The van der Waals surface area contributed by atoms with Crippen LogP contribution in [0.1, 0.15) is 49.0 Å². The number of aromatic nitrogens is 4. The average molecular weight is 444 g/mol. The number of hydrogen-bond acceptors (Lipinski definition) is 6. The summed E-state index contributed by atoms with van der Waals surface area (Å²) in [5.41, 5.74) is 1.80. The van der Waals surface area contributed by atoms with Crippen LogP contribution in [-0.2, 0) is 4.74 Å². The van der Waals surface area contributed by atoms with Gasteiger partial charge in [-0.1, -0.05) is 6.92 Å². The third kappa shape index (κ3) is 4.01. The maximum atomic E-state index is 12.5. The standard InChI is InChI=1S/C20H22BrN5O2/c1-12-5-7-26(8-6-12)17-4-3-14(10-22-17)20(27)28-13(2)18-24-16-9-15(21)11-23-19(16)25-18/h3-4,9-13H,5-8H2,1-2H3,(H,23,24,25)/t13-/m0/s1. The molecule has 146 valence electrons. The molecule has 1 aliphatic rings. The van der Waals surface area contributed by atoms with Crippen molar-refractivity contribution < 1.29 is 9.53 Å². The van der Waals surface area contributed by atoms with Gasteiger partial charge in [-0.2, -0.15) is 0 Å². The van der Waals surface area contributed by atoms with E-state index in [0.717, 1.165) is 34.8 Å². The molecule has 1 atom stereocenters. The molecule has 0 saturated carbocycles. The summed E-state index contributed by atoms with van der Waals surface area (Å²) in [6, 6.07) is 5.55. The summed E-state index contributed by atoms with van der Waals surface area (Å²) >= 11 is 3.38. The zero-order valence-corrected chi connectivity index (χ0v) is 17.4. The molecule has 4 heterocycles. The van der Waals surface area contributed by atoms with E-state index in [0.29, 0.717) is 17.0 Å². The van der Waals surface area contributed by atoms with Crippen LogP contribution in [0.15, 0.2) is 35.1 Å². The number of nitrogens with one attached hydrogen (secondary N) is 1. The second-order valence-corrected chi connectivity index (χ2v) is 8.18. The van der Waals surface area contributed by atoms with Gasteiger partial charge in [0.2, 0.25) is 0 Å². The summed E-state index contributed by atoms with van der Waals surface area (Å²) in [5, 5.41) is 0. The van der Waals surface area contributed by atoms with Gasteiger partial charge in [0.15, 0.2) is 11.8 Å². The van der Waals surface area contributed by atoms with Crippen molar-refractivity contribution in [1.29, 1.82) is 0 Å². The van der Waals surface area contributed by atoms with Crippen LogP contribution >= 0.6 is 15.9 Å². The predicted molar refractivity (Wildman–Crippen MR) is 110 cm³/mol. The van der Waals surface area contributed by atoms with Gasteiger partial charge in [0.25, 0.3) is 0 Å². The fraction of sp³-hybridized carbons (Fsp3) is 0.400. The van der Waals surface area contributed by atoms with E-state index < -0.39 is 12.1 Å². The minimum absolute atomic E-state index is 0.423. The van der Waals surface area contributed by atoms with Gasteiger partial charge in [-0.3, -0.25) is 0 Å². The number of carbonyl (C=O) groups is 1. The third-order valence-corrected chi connectivity index (χ3v) is 5.52. The molecule has 8 heteroatoms. The van der Waals surface area contributed by atoms with E-state index in [4.69, 9.17) is 4.74 Å². The number of rotatable bonds is 4. The monoisotopic (exact) mass is 443 g/mol. The van der Waals surface area contributed by atoms with Crippen molar-refractivity contribution in [3.8, 4) is 0 Å². The molecule has 1 aliphatic heterocycles. The van der Waals surface area contributed by atoms with Gasteiger partial charge >= 0.3 is 5.97 Å². The largest absolute Gasteiger partial charge is 0.451 e. The topological polar surface area (TPSA) is 84.0 Å². The Morgan fingerprint density at radius 2 is 2.07 bits per heavy atom. The Balaban J connectivity index is 1.42. The molecule has 0 unspecified atom stereocenters. The lowest BCUT2D eigenvalue weighted by Gasteiger charge is -2.31. The number of ether oxygens (including phenoxy) is 1. The molecule has 3 aromatic heterocycles. The molecule has 1 N–H and O–H groups in total. The number of fused-ring (bicyclic) bond motifs is 1. The molecular formula is C20H22BrN5O2. The summed E-state index contributed by atoms with van der Waals surface area (Å²) < 4.78 is 6.41. The molecule has 0 spiro atoms. The highest BCUT2D eigenvalue weighted by Crippen LogP contribution is 2.23. The van der Waals surface area contributed by atoms with Crippen LogP contribution in [0.25, 0.3) is 11.2 Å². The van der Waals surface area contributed by atoms with E-state index >= 15 is 0 Å². The number of carbonyl (C=O) groups excluding carboxylic acids is 1. The predicted octanol–water partition coefficient (Wildman–Crippen LogP) is 4.27. The van der Waals surface area contributed by atoms with Crippen LogP contribution in [0.2, 0.25) is 0 Å². The Morgan fingerprint density at radius 3 is 2.79 bits per heavy atom. The maximum absolute atomic E-state index is 12.5. The van der Waals surface area contributed by atoms with Crippen molar-refractivity contribution in [2.45, 2.75) is 32.8 Å². The van der Waals surface area contributed by atoms with Gasteiger partial charge in [-0.15, -0.1) is 0 Å². The molecule has 0 bridgehead atoms. The average Bonchev–Trinajstić information content (AvgIpc) is 3.12. The Bertz CT molecular complexity index is 980. The Labute approximate surface area is 171 Å². The zero-order valence-electron chi connectivity index (χ0n) is 15.9. The SMILES string of the molecule is CC1CCN(c2ccc(C(=O)O[C@@H](C)c3nc4ncc(Br)cc4[nH]3)cn2)CC1. The molecule has 3 aromatic rings.